The van der Waals surface area contributed by atoms with E-state index in [1.807, 2.05) is 36.4 Å². The van der Waals surface area contributed by atoms with Crippen molar-refractivity contribution in [2.45, 2.75) is 6.18 Å². The molecule has 1 aromatic heterocycles. The van der Waals surface area contributed by atoms with Gasteiger partial charge in [0.15, 0.2) is 0 Å². The summed E-state index contributed by atoms with van der Waals surface area (Å²) in [5.41, 5.74) is 1.73. The number of hydrogen-bond acceptors (Lipinski definition) is 3. The van der Waals surface area contributed by atoms with Crippen molar-refractivity contribution in [1.29, 1.82) is 0 Å². The van der Waals surface area contributed by atoms with E-state index in [1.54, 1.807) is 6.08 Å². The molecule has 0 spiro atoms. The fourth-order valence-electron chi connectivity index (χ4n) is 1.45. The molecule has 1 aromatic carbocycles. The van der Waals surface area contributed by atoms with Crippen molar-refractivity contribution in [3.8, 4) is 0 Å². The number of rotatable bonds is 4. The molecule has 3 nitrogen and oxygen atoms in total. The molecular weight excluding hydrogens is 267 g/mol. The van der Waals surface area contributed by atoms with Crippen LogP contribution in [0.2, 0.25) is 0 Å². The minimum Gasteiger partial charge on any atom is -0.345 e. The van der Waals surface area contributed by atoms with E-state index in [-0.39, 0.29) is 5.95 Å². The zero-order chi connectivity index (χ0) is 14.4. The van der Waals surface area contributed by atoms with E-state index in [4.69, 9.17) is 0 Å². The number of nitrogens with one attached hydrogen (secondary N) is 1. The molecule has 0 bridgehead atoms. The molecule has 20 heavy (non-hydrogen) atoms. The number of aromatic nitrogens is 2. The highest BCUT2D eigenvalue weighted by Gasteiger charge is 2.26. The van der Waals surface area contributed by atoms with Gasteiger partial charge in [0.05, 0.1) is 0 Å². The van der Waals surface area contributed by atoms with E-state index in [9.17, 15) is 13.2 Å². The largest absolute Gasteiger partial charge is 0.405 e. The van der Waals surface area contributed by atoms with Crippen molar-refractivity contribution in [2.75, 3.05) is 11.9 Å². The predicted molar refractivity (Wildman–Crippen MR) is 71.9 cm³/mol. The highest BCUT2D eigenvalue weighted by Crippen LogP contribution is 2.14. The van der Waals surface area contributed by atoms with Gasteiger partial charge in [0, 0.05) is 18.0 Å². The van der Waals surface area contributed by atoms with Crippen molar-refractivity contribution in [1.82, 2.24) is 9.97 Å². The van der Waals surface area contributed by atoms with Gasteiger partial charge in [-0.1, -0.05) is 42.5 Å². The first kappa shape index (κ1) is 14.0. The first-order valence-corrected chi connectivity index (χ1v) is 5.89. The highest BCUT2D eigenvalue weighted by atomic mass is 19.4. The minimum atomic E-state index is -4.28. The molecule has 0 aliphatic rings. The van der Waals surface area contributed by atoms with Crippen LogP contribution < -0.4 is 5.32 Å². The molecule has 0 fully saturated rings. The van der Waals surface area contributed by atoms with Crippen molar-refractivity contribution in [3.63, 3.8) is 0 Å². The van der Waals surface area contributed by atoms with E-state index in [0.717, 1.165) is 5.56 Å². The lowest BCUT2D eigenvalue weighted by molar-refractivity contribution is -0.115. The molecule has 1 heterocycles. The summed E-state index contributed by atoms with van der Waals surface area (Å²) in [6.45, 7) is -1.15. The first-order chi connectivity index (χ1) is 9.53. The van der Waals surface area contributed by atoms with E-state index in [0.29, 0.717) is 5.56 Å². The maximum absolute atomic E-state index is 12.0. The number of benzene rings is 1. The van der Waals surface area contributed by atoms with Gasteiger partial charge >= 0.3 is 6.18 Å². The summed E-state index contributed by atoms with van der Waals surface area (Å²) in [6.07, 6.45) is 2.32. The molecule has 0 saturated carbocycles. The Balaban J connectivity index is 1.96. The second-order valence-corrected chi connectivity index (χ2v) is 4.05. The van der Waals surface area contributed by atoms with Crippen LogP contribution in [-0.4, -0.2) is 22.7 Å². The minimum absolute atomic E-state index is 0.0424. The van der Waals surface area contributed by atoms with Gasteiger partial charge in [-0.2, -0.15) is 13.2 Å². The summed E-state index contributed by atoms with van der Waals surface area (Å²) in [7, 11) is 0. The van der Waals surface area contributed by atoms with Crippen LogP contribution in [0.4, 0.5) is 19.1 Å². The Hall–Kier alpha value is -2.37. The molecule has 1 N–H and O–H groups in total. The first-order valence-electron chi connectivity index (χ1n) is 5.89. The Morgan fingerprint density at radius 1 is 0.950 bits per heavy atom. The Kier molecular flexibility index (Phi) is 4.34. The van der Waals surface area contributed by atoms with Gasteiger partial charge in [0.25, 0.3) is 0 Å². The lowest BCUT2D eigenvalue weighted by Crippen LogP contribution is -2.22. The lowest BCUT2D eigenvalue weighted by Gasteiger charge is -2.07. The number of nitrogens with zero attached hydrogens (tertiary/aromatic N) is 2. The zero-order valence-corrected chi connectivity index (χ0v) is 10.4. The molecule has 0 amide bonds. The Bertz CT molecular complexity index is 562. The molecule has 0 atom stereocenters. The van der Waals surface area contributed by atoms with E-state index in [2.05, 4.69) is 15.3 Å². The van der Waals surface area contributed by atoms with Crippen LogP contribution in [0.1, 0.15) is 11.1 Å². The predicted octanol–water partition coefficient (Wildman–Crippen LogP) is 3.62. The molecule has 0 aliphatic heterocycles. The van der Waals surface area contributed by atoms with Gasteiger partial charge in [-0.15, -0.1) is 0 Å². The topological polar surface area (TPSA) is 37.8 Å². The van der Waals surface area contributed by atoms with Crippen molar-refractivity contribution in [3.05, 3.63) is 53.9 Å². The van der Waals surface area contributed by atoms with Crippen molar-refractivity contribution >= 4 is 18.1 Å². The van der Waals surface area contributed by atoms with Crippen LogP contribution in [-0.2, 0) is 0 Å². The van der Waals surface area contributed by atoms with Crippen LogP contribution in [0.25, 0.3) is 12.2 Å². The van der Waals surface area contributed by atoms with Gasteiger partial charge in [-0.25, -0.2) is 9.97 Å². The second kappa shape index (κ2) is 6.18. The highest BCUT2D eigenvalue weighted by molar-refractivity contribution is 5.68. The van der Waals surface area contributed by atoms with Crippen LogP contribution in [0.15, 0.2) is 42.7 Å². The number of halogens is 3. The molecular formula is C14H12F3N3. The second-order valence-electron chi connectivity index (χ2n) is 4.05. The number of hydrogen-bond donors (Lipinski definition) is 1. The maximum atomic E-state index is 12.0. The fraction of sp³-hybridized carbons (Fsp3) is 0.143. The van der Waals surface area contributed by atoms with Crippen LogP contribution in [0.3, 0.4) is 0 Å². The monoisotopic (exact) mass is 279 g/mol. The van der Waals surface area contributed by atoms with Gasteiger partial charge in [-0.05, 0) is 5.56 Å². The molecule has 6 heteroatoms. The van der Waals surface area contributed by atoms with Crippen LogP contribution in [0.5, 0.6) is 0 Å². The van der Waals surface area contributed by atoms with Gasteiger partial charge in [0.2, 0.25) is 5.95 Å². The summed E-state index contributed by atoms with van der Waals surface area (Å²) < 4.78 is 36.0. The third-order valence-electron chi connectivity index (χ3n) is 2.39. The third-order valence-corrected chi connectivity index (χ3v) is 2.39. The van der Waals surface area contributed by atoms with E-state index in [1.165, 1.54) is 12.4 Å². The van der Waals surface area contributed by atoms with Gasteiger partial charge in [0.1, 0.15) is 6.54 Å². The third kappa shape index (κ3) is 4.72. The number of anilines is 1. The quantitative estimate of drug-likeness (QED) is 0.928. The smallest absolute Gasteiger partial charge is 0.345 e. The zero-order valence-electron chi connectivity index (χ0n) is 10.4. The SMILES string of the molecule is FC(F)(F)CNc1ncc(/C=C/c2ccccc2)cn1. The number of alkyl halides is 3. The lowest BCUT2D eigenvalue weighted by atomic mass is 10.2. The maximum Gasteiger partial charge on any atom is 0.405 e. The Labute approximate surface area is 114 Å². The Morgan fingerprint density at radius 3 is 2.15 bits per heavy atom. The summed E-state index contributed by atoms with van der Waals surface area (Å²) in [6, 6.07) is 9.63. The van der Waals surface area contributed by atoms with E-state index >= 15 is 0 Å². The molecule has 0 radical (unpaired) electrons. The average Bonchev–Trinajstić information content (AvgIpc) is 2.44. The van der Waals surface area contributed by atoms with Crippen molar-refractivity contribution < 1.29 is 13.2 Å². The van der Waals surface area contributed by atoms with Gasteiger partial charge in [-0.3, -0.25) is 0 Å². The average molecular weight is 279 g/mol. The summed E-state index contributed by atoms with van der Waals surface area (Å²) in [5, 5.41) is 2.11. The molecule has 0 unspecified atom stereocenters. The summed E-state index contributed by atoms with van der Waals surface area (Å²) >= 11 is 0. The molecule has 0 aliphatic carbocycles. The van der Waals surface area contributed by atoms with E-state index < -0.39 is 12.7 Å². The van der Waals surface area contributed by atoms with Gasteiger partial charge < -0.3 is 5.32 Å². The molecule has 2 aromatic rings. The van der Waals surface area contributed by atoms with Crippen molar-refractivity contribution in [2.24, 2.45) is 0 Å². The fourth-order valence-corrected chi connectivity index (χ4v) is 1.45. The Morgan fingerprint density at radius 2 is 1.55 bits per heavy atom. The standard InChI is InChI=1S/C14H12F3N3/c15-14(16,17)10-20-13-18-8-12(9-19-13)7-6-11-4-2-1-3-5-11/h1-9H,10H2,(H,18,19,20)/b7-6+. The molecule has 0 saturated heterocycles. The van der Waals surface area contributed by atoms with Crippen LogP contribution in [0, 0.1) is 0 Å². The summed E-state index contributed by atoms with van der Waals surface area (Å²) in [5.74, 6) is -0.0424. The molecule has 2 rings (SSSR count). The normalized spacial score (nSPS) is 11.8. The molecule has 104 valence electrons. The summed E-state index contributed by atoms with van der Waals surface area (Å²) in [4.78, 5) is 7.64. The van der Waals surface area contributed by atoms with Crippen LogP contribution >= 0.6 is 0 Å².